The van der Waals surface area contributed by atoms with Crippen LogP contribution in [0.5, 0.6) is 5.88 Å². The molecule has 0 spiro atoms. The van der Waals surface area contributed by atoms with Crippen LogP contribution in [0, 0.1) is 0 Å². The van der Waals surface area contributed by atoms with E-state index in [2.05, 4.69) is 4.98 Å². The van der Waals surface area contributed by atoms with Crippen LogP contribution in [0.1, 0.15) is 6.92 Å². The fourth-order valence-corrected chi connectivity index (χ4v) is 0.881. The van der Waals surface area contributed by atoms with Crippen molar-refractivity contribution in [1.29, 1.82) is 0 Å². The molecule has 1 aromatic rings. The van der Waals surface area contributed by atoms with E-state index in [1.165, 1.54) is 0 Å². The van der Waals surface area contributed by atoms with Crippen molar-refractivity contribution in [2.45, 2.75) is 6.92 Å². The van der Waals surface area contributed by atoms with Crippen LogP contribution in [0.25, 0.3) is 0 Å². The summed E-state index contributed by atoms with van der Waals surface area (Å²) in [5, 5.41) is 0. The van der Waals surface area contributed by atoms with Gasteiger partial charge in [0.2, 0.25) is 5.88 Å². The minimum absolute atomic E-state index is 0.657. The van der Waals surface area contributed by atoms with E-state index in [0.717, 1.165) is 5.82 Å². The first-order valence-electron chi connectivity index (χ1n) is 4.01. The number of anilines is 1. The summed E-state index contributed by atoms with van der Waals surface area (Å²) in [7, 11) is 3.91. The van der Waals surface area contributed by atoms with Crippen LogP contribution < -0.4 is 9.64 Å². The number of hydrogen-bond acceptors (Lipinski definition) is 3. The molecule has 1 rings (SSSR count). The molecule has 0 atom stereocenters. The van der Waals surface area contributed by atoms with Gasteiger partial charge in [0.25, 0.3) is 0 Å². The number of rotatable bonds is 3. The largest absolute Gasteiger partial charge is 0.478 e. The van der Waals surface area contributed by atoms with Gasteiger partial charge in [-0.25, -0.2) is 0 Å². The second-order valence-corrected chi connectivity index (χ2v) is 2.66. The molecule has 0 aliphatic heterocycles. The van der Waals surface area contributed by atoms with E-state index in [9.17, 15) is 0 Å². The molecular weight excluding hydrogens is 152 g/mol. The maximum atomic E-state index is 5.26. The SMILES string of the molecule is CCOc1cccc(N(C)C)n1. The summed E-state index contributed by atoms with van der Waals surface area (Å²) in [4.78, 5) is 6.21. The highest BCUT2D eigenvalue weighted by Crippen LogP contribution is 2.12. The van der Waals surface area contributed by atoms with Crippen molar-refractivity contribution in [3.05, 3.63) is 18.2 Å². The van der Waals surface area contributed by atoms with Crippen LogP contribution in [0.2, 0.25) is 0 Å². The van der Waals surface area contributed by atoms with E-state index in [1.807, 2.05) is 44.1 Å². The van der Waals surface area contributed by atoms with Gasteiger partial charge in [0, 0.05) is 20.2 Å². The van der Waals surface area contributed by atoms with E-state index in [0.29, 0.717) is 12.5 Å². The number of ether oxygens (including phenoxy) is 1. The van der Waals surface area contributed by atoms with Crippen molar-refractivity contribution in [1.82, 2.24) is 4.98 Å². The van der Waals surface area contributed by atoms with Gasteiger partial charge in [-0.05, 0) is 13.0 Å². The predicted molar refractivity (Wildman–Crippen MR) is 49.7 cm³/mol. The Kier molecular flexibility index (Phi) is 2.91. The van der Waals surface area contributed by atoms with Gasteiger partial charge in [-0.3, -0.25) is 0 Å². The molecule has 0 amide bonds. The average molecular weight is 166 g/mol. The van der Waals surface area contributed by atoms with Gasteiger partial charge in [-0.2, -0.15) is 4.98 Å². The average Bonchev–Trinajstić information content (AvgIpc) is 2.05. The Balaban J connectivity index is 2.81. The Bertz CT molecular complexity index is 248. The molecular formula is C9H14N2O. The lowest BCUT2D eigenvalue weighted by molar-refractivity contribution is 0.327. The number of aromatic nitrogens is 1. The van der Waals surface area contributed by atoms with Crippen molar-refractivity contribution < 1.29 is 4.74 Å². The zero-order valence-corrected chi connectivity index (χ0v) is 7.74. The zero-order valence-electron chi connectivity index (χ0n) is 7.74. The third-order valence-corrected chi connectivity index (χ3v) is 1.46. The molecule has 0 aliphatic rings. The predicted octanol–water partition coefficient (Wildman–Crippen LogP) is 1.55. The Morgan fingerprint density at radius 3 is 2.75 bits per heavy atom. The maximum absolute atomic E-state index is 5.26. The molecule has 3 nitrogen and oxygen atoms in total. The molecule has 0 fully saturated rings. The summed E-state index contributed by atoms with van der Waals surface area (Å²) in [5.74, 6) is 1.60. The highest BCUT2D eigenvalue weighted by molar-refractivity contribution is 5.38. The van der Waals surface area contributed by atoms with Gasteiger partial charge in [0.05, 0.1) is 6.61 Å². The van der Waals surface area contributed by atoms with Crippen molar-refractivity contribution in [2.24, 2.45) is 0 Å². The van der Waals surface area contributed by atoms with Crippen LogP contribution in [0.3, 0.4) is 0 Å². The Morgan fingerprint density at radius 1 is 1.42 bits per heavy atom. The minimum Gasteiger partial charge on any atom is -0.478 e. The summed E-state index contributed by atoms with van der Waals surface area (Å²) in [6, 6.07) is 5.74. The van der Waals surface area contributed by atoms with Gasteiger partial charge in [-0.1, -0.05) is 6.07 Å². The summed E-state index contributed by atoms with van der Waals surface area (Å²) >= 11 is 0. The lowest BCUT2D eigenvalue weighted by Crippen LogP contribution is -2.10. The molecule has 0 saturated heterocycles. The summed E-state index contributed by atoms with van der Waals surface area (Å²) < 4.78 is 5.26. The lowest BCUT2D eigenvalue weighted by Gasteiger charge is -2.11. The van der Waals surface area contributed by atoms with Gasteiger partial charge in [0.15, 0.2) is 0 Å². The molecule has 0 aromatic carbocycles. The first kappa shape index (κ1) is 8.84. The third kappa shape index (κ3) is 2.12. The standard InChI is InChI=1S/C9H14N2O/c1-4-12-9-7-5-6-8(10-9)11(2)3/h5-7H,4H2,1-3H3. The number of pyridine rings is 1. The van der Waals surface area contributed by atoms with Crippen LogP contribution in [0.4, 0.5) is 5.82 Å². The summed E-state index contributed by atoms with van der Waals surface area (Å²) in [6.07, 6.45) is 0. The molecule has 1 heterocycles. The quantitative estimate of drug-likeness (QED) is 0.681. The normalized spacial score (nSPS) is 9.58. The van der Waals surface area contributed by atoms with E-state index in [4.69, 9.17) is 4.74 Å². The van der Waals surface area contributed by atoms with E-state index in [1.54, 1.807) is 0 Å². The van der Waals surface area contributed by atoms with E-state index < -0.39 is 0 Å². The van der Waals surface area contributed by atoms with Crippen molar-refractivity contribution in [2.75, 3.05) is 25.6 Å². The van der Waals surface area contributed by atoms with Gasteiger partial charge >= 0.3 is 0 Å². The second kappa shape index (κ2) is 3.95. The van der Waals surface area contributed by atoms with Crippen LogP contribution in [-0.4, -0.2) is 25.7 Å². The Labute approximate surface area is 73.0 Å². The topological polar surface area (TPSA) is 25.4 Å². The van der Waals surface area contributed by atoms with Crippen LogP contribution in [-0.2, 0) is 0 Å². The van der Waals surface area contributed by atoms with Crippen LogP contribution >= 0.6 is 0 Å². The molecule has 66 valence electrons. The fraction of sp³-hybridized carbons (Fsp3) is 0.444. The Hall–Kier alpha value is -1.25. The van der Waals surface area contributed by atoms with Gasteiger partial charge in [-0.15, -0.1) is 0 Å². The lowest BCUT2D eigenvalue weighted by atomic mass is 10.4. The molecule has 0 unspecified atom stereocenters. The monoisotopic (exact) mass is 166 g/mol. The number of nitrogens with zero attached hydrogens (tertiary/aromatic N) is 2. The Morgan fingerprint density at radius 2 is 2.17 bits per heavy atom. The fourth-order valence-electron chi connectivity index (χ4n) is 0.881. The van der Waals surface area contributed by atoms with Crippen molar-refractivity contribution in [3.8, 4) is 5.88 Å². The highest BCUT2D eigenvalue weighted by Gasteiger charge is 1.98. The first-order chi connectivity index (χ1) is 5.74. The van der Waals surface area contributed by atoms with Crippen LogP contribution in [0.15, 0.2) is 18.2 Å². The molecule has 0 bridgehead atoms. The van der Waals surface area contributed by atoms with Gasteiger partial charge in [0.1, 0.15) is 5.82 Å². The third-order valence-electron chi connectivity index (χ3n) is 1.46. The van der Waals surface area contributed by atoms with Gasteiger partial charge < -0.3 is 9.64 Å². The maximum Gasteiger partial charge on any atom is 0.215 e. The van der Waals surface area contributed by atoms with Crippen molar-refractivity contribution >= 4 is 5.82 Å². The molecule has 0 radical (unpaired) electrons. The zero-order chi connectivity index (χ0) is 8.97. The van der Waals surface area contributed by atoms with E-state index in [-0.39, 0.29) is 0 Å². The minimum atomic E-state index is 0.657. The molecule has 0 saturated carbocycles. The molecule has 1 aromatic heterocycles. The smallest absolute Gasteiger partial charge is 0.215 e. The summed E-state index contributed by atoms with van der Waals surface area (Å²) in [5.41, 5.74) is 0. The summed E-state index contributed by atoms with van der Waals surface area (Å²) in [6.45, 7) is 2.61. The van der Waals surface area contributed by atoms with Crippen molar-refractivity contribution in [3.63, 3.8) is 0 Å². The molecule has 0 N–H and O–H groups in total. The number of hydrogen-bond donors (Lipinski definition) is 0. The highest BCUT2D eigenvalue weighted by atomic mass is 16.5. The molecule has 0 aliphatic carbocycles. The molecule has 12 heavy (non-hydrogen) atoms. The van der Waals surface area contributed by atoms with E-state index >= 15 is 0 Å². The first-order valence-corrected chi connectivity index (χ1v) is 4.01. The second-order valence-electron chi connectivity index (χ2n) is 2.66. The molecule has 3 heteroatoms.